The highest BCUT2D eigenvalue weighted by Crippen LogP contribution is 2.42. The predicted octanol–water partition coefficient (Wildman–Crippen LogP) is 6.12. The SMILES string of the molecule is CC(C)Cn1cc([C@H](NS(=O)(=O)N(C)C)C(F)(F)F)c2cc(F)c(-c3ccccc3C(F)(F)F)cc21. The highest BCUT2D eigenvalue weighted by atomic mass is 32.2. The third kappa shape index (κ3) is 5.68. The molecule has 0 fully saturated rings. The number of fused-ring (bicyclic) bond motifs is 1. The Morgan fingerprint density at radius 1 is 1.00 bits per heavy atom. The molecule has 3 aromatic rings. The fourth-order valence-electron chi connectivity index (χ4n) is 3.84. The molecular formula is C23H24F7N3O2S. The van der Waals surface area contributed by atoms with Crippen LogP contribution in [0.3, 0.4) is 0 Å². The van der Waals surface area contributed by atoms with Crippen LogP contribution in [0.2, 0.25) is 0 Å². The quantitative estimate of drug-likeness (QED) is 0.368. The Morgan fingerprint density at radius 2 is 1.61 bits per heavy atom. The number of alkyl halides is 6. The lowest BCUT2D eigenvalue weighted by Gasteiger charge is -2.23. The van der Waals surface area contributed by atoms with Crippen LogP contribution in [0.25, 0.3) is 22.0 Å². The summed E-state index contributed by atoms with van der Waals surface area (Å²) in [7, 11) is -2.47. The van der Waals surface area contributed by atoms with Gasteiger partial charge in [-0.05, 0) is 29.7 Å². The summed E-state index contributed by atoms with van der Waals surface area (Å²) in [6, 6.07) is 3.35. The second-order valence-corrected chi connectivity index (χ2v) is 10.8. The van der Waals surface area contributed by atoms with Crippen LogP contribution >= 0.6 is 0 Å². The van der Waals surface area contributed by atoms with E-state index in [2.05, 4.69) is 0 Å². The van der Waals surface area contributed by atoms with E-state index in [0.29, 0.717) is 10.4 Å². The molecule has 1 N–H and O–H groups in total. The molecule has 0 aliphatic heterocycles. The van der Waals surface area contributed by atoms with Gasteiger partial charge in [-0.1, -0.05) is 32.0 Å². The van der Waals surface area contributed by atoms with Gasteiger partial charge in [-0.15, -0.1) is 0 Å². The average molecular weight is 540 g/mol. The number of nitrogens with zero attached hydrogens (tertiary/aromatic N) is 2. The summed E-state index contributed by atoms with van der Waals surface area (Å²) >= 11 is 0. The molecule has 1 aromatic heterocycles. The molecule has 36 heavy (non-hydrogen) atoms. The van der Waals surface area contributed by atoms with E-state index in [1.165, 1.54) is 10.6 Å². The van der Waals surface area contributed by atoms with Crippen LogP contribution in [0.5, 0.6) is 0 Å². The predicted molar refractivity (Wildman–Crippen MR) is 122 cm³/mol. The van der Waals surface area contributed by atoms with Crippen molar-refractivity contribution in [3.63, 3.8) is 0 Å². The topological polar surface area (TPSA) is 54.3 Å². The van der Waals surface area contributed by atoms with Crippen LogP contribution in [0.1, 0.15) is 31.0 Å². The lowest BCUT2D eigenvalue weighted by atomic mass is 9.96. The van der Waals surface area contributed by atoms with Gasteiger partial charge < -0.3 is 4.57 Å². The molecule has 2 aromatic carbocycles. The summed E-state index contributed by atoms with van der Waals surface area (Å²) in [4.78, 5) is 0. The average Bonchev–Trinajstić information content (AvgIpc) is 3.06. The van der Waals surface area contributed by atoms with Gasteiger partial charge in [0.2, 0.25) is 0 Å². The van der Waals surface area contributed by atoms with E-state index in [1.54, 1.807) is 18.6 Å². The van der Waals surface area contributed by atoms with Crippen molar-refractivity contribution in [2.45, 2.75) is 38.8 Å². The molecule has 0 saturated heterocycles. The molecule has 13 heteroatoms. The summed E-state index contributed by atoms with van der Waals surface area (Å²) in [6.07, 6.45) is -8.84. The fraction of sp³-hybridized carbons (Fsp3) is 0.391. The van der Waals surface area contributed by atoms with Gasteiger partial charge in [0.15, 0.2) is 0 Å². The van der Waals surface area contributed by atoms with Gasteiger partial charge in [-0.2, -0.15) is 43.8 Å². The lowest BCUT2D eigenvalue weighted by molar-refractivity contribution is -0.153. The minimum Gasteiger partial charge on any atom is -0.347 e. The first-order valence-corrected chi connectivity index (χ1v) is 12.1. The van der Waals surface area contributed by atoms with E-state index in [-0.39, 0.29) is 23.4 Å². The zero-order valence-electron chi connectivity index (χ0n) is 19.7. The zero-order valence-corrected chi connectivity index (χ0v) is 20.5. The van der Waals surface area contributed by atoms with Crippen molar-refractivity contribution in [2.24, 2.45) is 5.92 Å². The van der Waals surface area contributed by atoms with Crippen LogP contribution in [0.4, 0.5) is 30.7 Å². The molecule has 0 amide bonds. The van der Waals surface area contributed by atoms with Crippen LogP contribution in [-0.2, 0) is 22.9 Å². The first-order valence-electron chi connectivity index (χ1n) is 10.7. The van der Waals surface area contributed by atoms with Crippen LogP contribution in [-0.4, -0.2) is 37.6 Å². The summed E-state index contributed by atoms with van der Waals surface area (Å²) in [5, 5.41) is -0.273. The Hall–Kier alpha value is -2.64. The van der Waals surface area contributed by atoms with E-state index >= 15 is 4.39 Å². The van der Waals surface area contributed by atoms with Crippen LogP contribution in [0, 0.1) is 11.7 Å². The largest absolute Gasteiger partial charge is 0.417 e. The molecule has 0 aliphatic carbocycles. The Bertz CT molecular complexity index is 1360. The maximum absolute atomic E-state index is 15.2. The molecule has 1 heterocycles. The van der Waals surface area contributed by atoms with E-state index in [1.807, 2.05) is 0 Å². The van der Waals surface area contributed by atoms with Crippen molar-refractivity contribution in [1.82, 2.24) is 13.6 Å². The molecule has 0 aliphatic rings. The van der Waals surface area contributed by atoms with Gasteiger partial charge in [0, 0.05) is 48.9 Å². The number of hydrogen-bond donors (Lipinski definition) is 1. The maximum Gasteiger partial charge on any atom is 0.417 e. The van der Waals surface area contributed by atoms with Crippen molar-refractivity contribution in [1.29, 1.82) is 0 Å². The first kappa shape index (κ1) is 27.9. The van der Waals surface area contributed by atoms with E-state index in [0.717, 1.165) is 44.6 Å². The van der Waals surface area contributed by atoms with Gasteiger partial charge in [-0.3, -0.25) is 0 Å². The minimum absolute atomic E-state index is 0.0328. The van der Waals surface area contributed by atoms with Crippen molar-refractivity contribution in [3.8, 4) is 11.1 Å². The first-order chi connectivity index (χ1) is 16.4. The molecule has 0 radical (unpaired) electrons. The Balaban J connectivity index is 2.33. The Kier molecular flexibility index (Phi) is 7.51. The van der Waals surface area contributed by atoms with Gasteiger partial charge in [0.25, 0.3) is 10.2 Å². The van der Waals surface area contributed by atoms with E-state index in [9.17, 15) is 34.8 Å². The second kappa shape index (κ2) is 9.67. The van der Waals surface area contributed by atoms with Crippen molar-refractivity contribution in [2.75, 3.05) is 14.1 Å². The third-order valence-electron chi connectivity index (χ3n) is 5.47. The highest BCUT2D eigenvalue weighted by Gasteiger charge is 2.45. The van der Waals surface area contributed by atoms with E-state index < -0.39 is 56.7 Å². The Morgan fingerprint density at radius 3 is 2.14 bits per heavy atom. The van der Waals surface area contributed by atoms with Gasteiger partial charge in [-0.25, -0.2) is 4.39 Å². The third-order valence-corrected chi connectivity index (χ3v) is 6.97. The summed E-state index contributed by atoms with van der Waals surface area (Å²) < 4.78 is 126. The monoisotopic (exact) mass is 539 g/mol. The number of benzene rings is 2. The Labute approximate surface area is 203 Å². The summed E-state index contributed by atoms with van der Waals surface area (Å²) in [5.41, 5.74) is -2.55. The normalized spacial score (nSPS) is 14.2. The number of nitrogens with one attached hydrogen (secondary N) is 1. The molecule has 0 saturated carbocycles. The number of halogens is 7. The zero-order chi connectivity index (χ0) is 27.2. The van der Waals surface area contributed by atoms with Crippen LogP contribution < -0.4 is 4.72 Å². The number of rotatable bonds is 7. The molecule has 0 unspecified atom stereocenters. The maximum atomic E-state index is 15.2. The molecule has 3 rings (SSSR count). The highest BCUT2D eigenvalue weighted by molar-refractivity contribution is 7.87. The van der Waals surface area contributed by atoms with Crippen LogP contribution in [0.15, 0.2) is 42.6 Å². The van der Waals surface area contributed by atoms with Gasteiger partial charge >= 0.3 is 12.4 Å². The van der Waals surface area contributed by atoms with Crippen molar-refractivity contribution < 1.29 is 39.2 Å². The molecule has 5 nitrogen and oxygen atoms in total. The van der Waals surface area contributed by atoms with Gasteiger partial charge in [0.1, 0.15) is 11.9 Å². The van der Waals surface area contributed by atoms with Crippen molar-refractivity contribution in [3.05, 3.63) is 59.5 Å². The van der Waals surface area contributed by atoms with Gasteiger partial charge in [0.05, 0.1) is 5.56 Å². The van der Waals surface area contributed by atoms with E-state index in [4.69, 9.17) is 0 Å². The lowest BCUT2D eigenvalue weighted by Crippen LogP contribution is -2.43. The second-order valence-electron chi connectivity index (χ2n) is 8.90. The number of hydrogen-bond acceptors (Lipinski definition) is 2. The summed E-state index contributed by atoms with van der Waals surface area (Å²) in [6.45, 7) is 3.68. The molecule has 0 bridgehead atoms. The molecule has 198 valence electrons. The van der Waals surface area contributed by atoms with Crippen molar-refractivity contribution >= 4 is 21.1 Å². The fourth-order valence-corrected chi connectivity index (χ4v) is 4.61. The molecule has 1 atom stereocenters. The number of aromatic nitrogens is 1. The minimum atomic E-state index is -5.10. The molecule has 0 spiro atoms. The smallest absolute Gasteiger partial charge is 0.347 e. The standard InChI is InChI=1S/C23H24F7N3O2S/c1-13(2)11-33-12-17(21(23(28,29)30)31-36(34,35)32(3)4)16-9-19(24)15(10-20(16)33)14-7-5-6-8-18(14)22(25,26)27/h5-10,12-13,21,31H,11H2,1-4H3/t21-/m0/s1. The molecular weight excluding hydrogens is 515 g/mol. The summed E-state index contributed by atoms with van der Waals surface area (Å²) in [5.74, 6) is -1.29.